The summed E-state index contributed by atoms with van der Waals surface area (Å²) in [5.74, 6) is -0.807. The molecule has 1 saturated carbocycles. The van der Waals surface area contributed by atoms with Gasteiger partial charge < -0.3 is 15.5 Å². The molecule has 0 unspecified atom stereocenters. The third kappa shape index (κ3) is 6.68. The van der Waals surface area contributed by atoms with Crippen LogP contribution in [0.4, 0.5) is 13.2 Å². The molecule has 1 saturated heterocycles. The van der Waals surface area contributed by atoms with Crippen LogP contribution in [0, 0.1) is 11.8 Å². The van der Waals surface area contributed by atoms with E-state index >= 15 is 0 Å². The predicted molar refractivity (Wildman–Crippen MR) is 130 cm³/mol. The van der Waals surface area contributed by atoms with Crippen LogP contribution in [0.25, 0.3) is 11.4 Å². The van der Waals surface area contributed by atoms with Crippen LogP contribution >= 0.6 is 0 Å². The summed E-state index contributed by atoms with van der Waals surface area (Å²) in [5.41, 5.74) is -0.367. The Morgan fingerprint density at radius 2 is 1.76 bits per heavy atom. The highest BCUT2D eigenvalue weighted by Crippen LogP contribution is 2.34. The van der Waals surface area contributed by atoms with Crippen LogP contribution in [-0.2, 0) is 15.8 Å². The maximum Gasteiger partial charge on any atom is 0.416 e. The van der Waals surface area contributed by atoms with Crippen molar-refractivity contribution in [1.82, 2.24) is 30.4 Å². The highest BCUT2D eigenvalue weighted by atomic mass is 19.4. The molecule has 0 bridgehead atoms. The third-order valence-electron chi connectivity index (χ3n) is 7.71. The van der Waals surface area contributed by atoms with Gasteiger partial charge in [-0.2, -0.15) is 18.0 Å². The zero-order valence-corrected chi connectivity index (χ0v) is 21.1. The van der Waals surface area contributed by atoms with Crippen LogP contribution in [0.3, 0.4) is 0 Å². The standard InChI is InChI=1S/C25H33F3N6O4/c1-2-20(23(35)36)29-12-15-3-5-16(6-4-15)13-33-14-19(11-21(33)24(37)38)34-31-22(30-32-34)17-7-9-18(10-8-17)25(26,27)28/h7-10,15-16,19-21,29H,2-6,11-14H2,1H3,(H,35,36)(H,37,38)/t15?,16?,19-,20-,21-/m0/s1. The van der Waals surface area contributed by atoms with Crippen molar-refractivity contribution in [1.29, 1.82) is 0 Å². The summed E-state index contributed by atoms with van der Waals surface area (Å²) >= 11 is 0. The number of hydrogen-bond acceptors (Lipinski definition) is 7. The number of likely N-dealkylation sites (tertiary alicyclic amines) is 1. The van der Waals surface area contributed by atoms with Gasteiger partial charge in [0.2, 0.25) is 5.82 Å². The van der Waals surface area contributed by atoms with Crippen molar-refractivity contribution in [3.05, 3.63) is 29.8 Å². The Bertz CT molecular complexity index is 1100. The predicted octanol–water partition coefficient (Wildman–Crippen LogP) is 3.32. The van der Waals surface area contributed by atoms with E-state index in [0.717, 1.165) is 37.8 Å². The number of hydrogen-bond donors (Lipinski definition) is 3. The van der Waals surface area contributed by atoms with E-state index in [4.69, 9.17) is 0 Å². The van der Waals surface area contributed by atoms with Gasteiger partial charge >= 0.3 is 18.1 Å². The van der Waals surface area contributed by atoms with Gasteiger partial charge in [-0.05, 0) is 74.3 Å². The Morgan fingerprint density at radius 3 is 2.34 bits per heavy atom. The molecule has 1 aromatic heterocycles. The molecule has 4 rings (SSSR count). The first-order chi connectivity index (χ1) is 18.0. The van der Waals surface area contributed by atoms with Gasteiger partial charge in [0.25, 0.3) is 0 Å². The lowest BCUT2D eigenvalue weighted by Crippen LogP contribution is -2.41. The molecular formula is C25H33F3N6O4. The zero-order chi connectivity index (χ0) is 27.4. The van der Waals surface area contributed by atoms with E-state index in [1.807, 2.05) is 11.8 Å². The summed E-state index contributed by atoms with van der Waals surface area (Å²) in [6, 6.07) is 2.99. The van der Waals surface area contributed by atoms with Crippen molar-refractivity contribution in [3.63, 3.8) is 0 Å². The molecule has 208 valence electrons. The molecule has 2 heterocycles. The quantitative estimate of drug-likeness (QED) is 0.417. The Balaban J connectivity index is 1.33. The van der Waals surface area contributed by atoms with Gasteiger partial charge in [0.05, 0.1) is 11.6 Å². The number of carbonyl (C=O) groups is 2. The van der Waals surface area contributed by atoms with Crippen molar-refractivity contribution in [2.24, 2.45) is 11.8 Å². The number of aliphatic carboxylic acids is 2. The topological polar surface area (TPSA) is 133 Å². The molecule has 0 amide bonds. The molecule has 1 aliphatic carbocycles. The average Bonchev–Trinajstić information content (AvgIpc) is 3.52. The molecule has 2 fully saturated rings. The molecule has 2 aromatic rings. The molecular weight excluding hydrogens is 505 g/mol. The van der Waals surface area contributed by atoms with E-state index in [1.165, 1.54) is 16.9 Å². The Morgan fingerprint density at radius 1 is 1.11 bits per heavy atom. The van der Waals surface area contributed by atoms with Gasteiger partial charge in [-0.3, -0.25) is 14.5 Å². The van der Waals surface area contributed by atoms with Crippen LogP contribution < -0.4 is 5.32 Å². The highest BCUT2D eigenvalue weighted by molar-refractivity contribution is 5.74. The lowest BCUT2D eigenvalue weighted by molar-refractivity contribution is -0.142. The summed E-state index contributed by atoms with van der Waals surface area (Å²) in [6.45, 7) is 3.59. The normalized spacial score (nSPS) is 25.4. The summed E-state index contributed by atoms with van der Waals surface area (Å²) in [5, 5.41) is 34.6. The maximum absolute atomic E-state index is 12.8. The number of carboxylic acids is 2. The van der Waals surface area contributed by atoms with Crippen molar-refractivity contribution in [2.75, 3.05) is 19.6 Å². The third-order valence-corrected chi connectivity index (χ3v) is 7.71. The largest absolute Gasteiger partial charge is 0.480 e. The molecule has 2 aliphatic rings. The second-order valence-corrected chi connectivity index (χ2v) is 10.3. The number of benzene rings is 1. The van der Waals surface area contributed by atoms with Gasteiger partial charge in [0, 0.05) is 18.7 Å². The number of carboxylic acid groups (broad SMARTS) is 2. The summed E-state index contributed by atoms with van der Waals surface area (Å²) < 4.78 is 38.5. The van der Waals surface area contributed by atoms with E-state index in [1.54, 1.807) is 0 Å². The lowest BCUT2D eigenvalue weighted by atomic mass is 9.81. The van der Waals surface area contributed by atoms with Crippen molar-refractivity contribution < 1.29 is 33.0 Å². The van der Waals surface area contributed by atoms with Crippen molar-refractivity contribution in [2.45, 2.75) is 69.8 Å². The van der Waals surface area contributed by atoms with E-state index in [2.05, 4.69) is 20.7 Å². The van der Waals surface area contributed by atoms with Crippen LogP contribution in [0.2, 0.25) is 0 Å². The lowest BCUT2D eigenvalue weighted by Gasteiger charge is -2.33. The number of rotatable bonds is 10. The smallest absolute Gasteiger partial charge is 0.416 e. The fraction of sp³-hybridized carbons (Fsp3) is 0.640. The summed E-state index contributed by atoms with van der Waals surface area (Å²) in [7, 11) is 0. The molecule has 0 radical (unpaired) electrons. The van der Waals surface area contributed by atoms with E-state index in [0.29, 0.717) is 49.9 Å². The Hall–Kier alpha value is -3.06. The van der Waals surface area contributed by atoms with Crippen molar-refractivity contribution in [3.8, 4) is 11.4 Å². The van der Waals surface area contributed by atoms with Crippen LogP contribution in [-0.4, -0.2) is 79.0 Å². The van der Waals surface area contributed by atoms with E-state index in [-0.39, 0.29) is 11.9 Å². The Kier molecular flexibility index (Phi) is 8.66. The molecule has 38 heavy (non-hydrogen) atoms. The van der Waals surface area contributed by atoms with Gasteiger partial charge in [-0.15, -0.1) is 10.2 Å². The van der Waals surface area contributed by atoms with Gasteiger partial charge in [-0.1, -0.05) is 19.1 Å². The fourth-order valence-electron chi connectivity index (χ4n) is 5.47. The fourth-order valence-corrected chi connectivity index (χ4v) is 5.47. The minimum absolute atomic E-state index is 0.184. The molecule has 0 spiro atoms. The molecule has 1 aliphatic heterocycles. The first-order valence-electron chi connectivity index (χ1n) is 12.9. The highest BCUT2D eigenvalue weighted by Gasteiger charge is 2.40. The van der Waals surface area contributed by atoms with Crippen LogP contribution in [0.5, 0.6) is 0 Å². The van der Waals surface area contributed by atoms with Gasteiger partial charge in [-0.25, -0.2) is 0 Å². The van der Waals surface area contributed by atoms with Gasteiger partial charge in [0.1, 0.15) is 12.1 Å². The number of nitrogens with one attached hydrogen (secondary N) is 1. The summed E-state index contributed by atoms with van der Waals surface area (Å²) in [6.07, 6.45) is 0.229. The van der Waals surface area contributed by atoms with E-state index in [9.17, 15) is 33.0 Å². The minimum Gasteiger partial charge on any atom is -0.480 e. The SMILES string of the molecule is CC[C@H](NCC1CCC(CN2C[C@@H](n3nnc(-c4ccc(C(F)(F)F)cc4)n3)C[C@H]2C(=O)O)CC1)C(=O)O. The zero-order valence-electron chi connectivity index (χ0n) is 21.1. The summed E-state index contributed by atoms with van der Waals surface area (Å²) in [4.78, 5) is 26.5. The monoisotopic (exact) mass is 538 g/mol. The van der Waals surface area contributed by atoms with Crippen LogP contribution in [0.15, 0.2) is 24.3 Å². The van der Waals surface area contributed by atoms with Gasteiger partial charge in [0.15, 0.2) is 0 Å². The van der Waals surface area contributed by atoms with Crippen LogP contribution in [0.1, 0.15) is 57.1 Å². The molecule has 13 heteroatoms. The maximum atomic E-state index is 12.8. The molecule has 3 atom stereocenters. The molecule has 3 N–H and O–H groups in total. The first-order valence-corrected chi connectivity index (χ1v) is 12.9. The number of aromatic nitrogens is 4. The average molecular weight is 539 g/mol. The first kappa shape index (κ1) is 28.0. The van der Waals surface area contributed by atoms with Crippen molar-refractivity contribution >= 4 is 11.9 Å². The van der Waals surface area contributed by atoms with E-state index < -0.39 is 35.8 Å². The Labute approximate surface area is 218 Å². The minimum atomic E-state index is -4.43. The second-order valence-electron chi connectivity index (χ2n) is 10.3. The number of nitrogens with zero attached hydrogens (tertiary/aromatic N) is 5. The number of alkyl halides is 3. The molecule has 1 aromatic carbocycles. The number of halogens is 3. The number of tetrazole rings is 1. The second kappa shape index (κ2) is 11.8. The molecule has 10 nitrogen and oxygen atoms in total.